The van der Waals surface area contributed by atoms with Crippen molar-refractivity contribution in [3.05, 3.63) is 36.3 Å². The van der Waals surface area contributed by atoms with Crippen molar-refractivity contribution in [2.75, 3.05) is 38.1 Å². The fourth-order valence-corrected chi connectivity index (χ4v) is 2.61. The second kappa shape index (κ2) is 7.33. The van der Waals surface area contributed by atoms with Gasteiger partial charge in [0.15, 0.2) is 0 Å². The minimum Gasteiger partial charge on any atom is -0.374 e. The number of rotatable bonds is 6. The summed E-state index contributed by atoms with van der Waals surface area (Å²) in [6, 6.07) is 3.78. The summed E-state index contributed by atoms with van der Waals surface area (Å²) in [5.74, 6) is 0.790. The van der Waals surface area contributed by atoms with Gasteiger partial charge in [-0.05, 0) is 24.1 Å². The number of nitrogens with zero attached hydrogens (tertiary/aromatic N) is 5. The third-order valence-corrected chi connectivity index (χ3v) is 3.78. The smallest absolute Gasteiger partial charge is 0.148 e. The molecule has 3 rings (SSSR count). The molecule has 1 atom stereocenters. The lowest BCUT2D eigenvalue weighted by Gasteiger charge is -2.33. The molecule has 2 aromatic heterocycles. The zero-order valence-corrected chi connectivity index (χ0v) is 12.9. The molecule has 2 aromatic rings. The Morgan fingerprint density at radius 2 is 2.41 bits per heavy atom. The molecule has 0 radical (unpaired) electrons. The molecule has 0 spiro atoms. The highest BCUT2D eigenvalue weighted by atomic mass is 16.5. The maximum atomic E-state index is 5.82. The first-order chi connectivity index (χ1) is 10.8. The van der Waals surface area contributed by atoms with Crippen LogP contribution in [0.5, 0.6) is 0 Å². The molecule has 0 amide bonds. The molecule has 22 heavy (non-hydrogen) atoms. The van der Waals surface area contributed by atoms with Crippen molar-refractivity contribution in [3.63, 3.8) is 0 Å². The van der Waals surface area contributed by atoms with E-state index < -0.39 is 0 Å². The van der Waals surface area contributed by atoms with Crippen molar-refractivity contribution in [1.29, 1.82) is 0 Å². The molecule has 7 nitrogen and oxygen atoms in total. The molecule has 1 aliphatic rings. The monoisotopic (exact) mass is 302 g/mol. The predicted molar refractivity (Wildman–Crippen MR) is 83.6 cm³/mol. The fourth-order valence-electron chi connectivity index (χ4n) is 2.61. The molecule has 7 heteroatoms. The molecule has 0 aromatic carbocycles. The van der Waals surface area contributed by atoms with Gasteiger partial charge in [0.1, 0.15) is 5.82 Å². The van der Waals surface area contributed by atoms with Gasteiger partial charge in [0, 0.05) is 45.6 Å². The van der Waals surface area contributed by atoms with Crippen LogP contribution in [0.3, 0.4) is 0 Å². The molecule has 1 unspecified atom stereocenters. The van der Waals surface area contributed by atoms with E-state index in [4.69, 9.17) is 4.74 Å². The van der Waals surface area contributed by atoms with Crippen LogP contribution in [0.4, 0.5) is 5.82 Å². The molecule has 0 saturated carbocycles. The number of hydrogen-bond acceptors (Lipinski definition) is 6. The first kappa shape index (κ1) is 14.9. The number of aryl methyl sites for hydroxylation is 1. The molecule has 1 N–H and O–H groups in total. The van der Waals surface area contributed by atoms with Crippen LogP contribution >= 0.6 is 0 Å². The largest absolute Gasteiger partial charge is 0.374 e. The second-order valence-corrected chi connectivity index (χ2v) is 5.56. The number of aromatic nitrogens is 4. The average molecular weight is 302 g/mol. The Hall–Kier alpha value is -1.99. The average Bonchev–Trinajstić information content (AvgIpc) is 2.98. The van der Waals surface area contributed by atoms with Crippen molar-refractivity contribution in [3.8, 4) is 0 Å². The molecular formula is C15H22N6O. The Morgan fingerprint density at radius 3 is 3.18 bits per heavy atom. The first-order valence-corrected chi connectivity index (χ1v) is 7.62. The third kappa shape index (κ3) is 4.25. The number of nitrogens with one attached hydrogen (secondary N) is 1. The Bertz CT molecular complexity index is 572. The molecule has 3 heterocycles. The van der Waals surface area contributed by atoms with Crippen LogP contribution in [-0.2, 0) is 18.2 Å². The maximum absolute atomic E-state index is 5.82. The summed E-state index contributed by atoms with van der Waals surface area (Å²) in [5.41, 5.74) is 1.28. The normalized spacial score (nSPS) is 19.2. The van der Waals surface area contributed by atoms with E-state index in [1.54, 1.807) is 6.20 Å². The predicted octanol–water partition coefficient (Wildman–Crippen LogP) is 0.565. The summed E-state index contributed by atoms with van der Waals surface area (Å²) in [5, 5.41) is 15.4. The topological polar surface area (TPSA) is 68.1 Å². The van der Waals surface area contributed by atoms with Crippen molar-refractivity contribution < 1.29 is 4.74 Å². The number of hydrogen-bond donors (Lipinski definition) is 1. The van der Waals surface area contributed by atoms with Gasteiger partial charge in [-0.15, -0.1) is 5.10 Å². The summed E-state index contributed by atoms with van der Waals surface area (Å²) >= 11 is 0. The van der Waals surface area contributed by atoms with Gasteiger partial charge in [-0.1, -0.05) is 0 Å². The molecule has 1 aliphatic heterocycles. The molecule has 0 aliphatic carbocycles. The standard InChI is InChI=1S/C15H22N6O/c1-20-11-13(9-18-20)4-6-21-7-8-22-14(12-21)10-16-15-3-2-5-17-19-15/h2-3,5,9,11,14H,4,6-8,10,12H2,1H3,(H,16,19). The van der Waals surface area contributed by atoms with Crippen LogP contribution in [0, 0.1) is 0 Å². The van der Waals surface area contributed by atoms with Gasteiger partial charge in [0.2, 0.25) is 0 Å². The van der Waals surface area contributed by atoms with E-state index in [0.29, 0.717) is 0 Å². The van der Waals surface area contributed by atoms with Crippen LogP contribution in [0.2, 0.25) is 0 Å². The van der Waals surface area contributed by atoms with Crippen LogP contribution in [0.15, 0.2) is 30.7 Å². The van der Waals surface area contributed by atoms with Gasteiger partial charge in [-0.25, -0.2) is 0 Å². The van der Waals surface area contributed by atoms with E-state index in [-0.39, 0.29) is 6.10 Å². The molecule has 1 saturated heterocycles. The zero-order valence-electron chi connectivity index (χ0n) is 12.9. The van der Waals surface area contributed by atoms with Crippen LogP contribution in [0.1, 0.15) is 5.56 Å². The summed E-state index contributed by atoms with van der Waals surface area (Å²) in [7, 11) is 1.95. The van der Waals surface area contributed by atoms with E-state index in [1.807, 2.05) is 30.1 Å². The molecule has 1 fully saturated rings. The Morgan fingerprint density at radius 1 is 1.45 bits per heavy atom. The van der Waals surface area contributed by atoms with Crippen molar-refractivity contribution in [2.24, 2.45) is 7.05 Å². The summed E-state index contributed by atoms with van der Waals surface area (Å²) in [4.78, 5) is 2.44. The van der Waals surface area contributed by atoms with E-state index in [0.717, 1.165) is 45.0 Å². The van der Waals surface area contributed by atoms with Gasteiger partial charge in [0.25, 0.3) is 0 Å². The lowest BCUT2D eigenvalue weighted by Crippen LogP contribution is -2.45. The number of ether oxygens (including phenoxy) is 1. The van der Waals surface area contributed by atoms with Crippen LogP contribution in [0.25, 0.3) is 0 Å². The highest BCUT2D eigenvalue weighted by molar-refractivity contribution is 5.31. The Labute approximate surface area is 130 Å². The van der Waals surface area contributed by atoms with Gasteiger partial charge < -0.3 is 10.1 Å². The fraction of sp³-hybridized carbons (Fsp3) is 0.533. The molecule has 0 bridgehead atoms. The van der Waals surface area contributed by atoms with Crippen molar-refractivity contribution in [1.82, 2.24) is 24.9 Å². The number of morpholine rings is 1. The van der Waals surface area contributed by atoms with E-state index in [9.17, 15) is 0 Å². The van der Waals surface area contributed by atoms with Crippen molar-refractivity contribution >= 4 is 5.82 Å². The minimum atomic E-state index is 0.185. The third-order valence-electron chi connectivity index (χ3n) is 3.78. The molecular weight excluding hydrogens is 280 g/mol. The summed E-state index contributed by atoms with van der Waals surface area (Å²) in [6.07, 6.45) is 6.89. The zero-order chi connectivity index (χ0) is 15.2. The second-order valence-electron chi connectivity index (χ2n) is 5.56. The molecule has 118 valence electrons. The van der Waals surface area contributed by atoms with E-state index in [2.05, 4.69) is 31.7 Å². The Kier molecular flexibility index (Phi) is 4.97. The van der Waals surface area contributed by atoms with E-state index >= 15 is 0 Å². The Balaban J connectivity index is 1.43. The van der Waals surface area contributed by atoms with Gasteiger partial charge in [-0.2, -0.15) is 10.2 Å². The number of anilines is 1. The van der Waals surface area contributed by atoms with Gasteiger partial charge in [0.05, 0.1) is 18.9 Å². The first-order valence-electron chi connectivity index (χ1n) is 7.62. The van der Waals surface area contributed by atoms with Crippen molar-refractivity contribution in [2.45, 2.75) is 12.5 Å². The quantitative estimate of drug-likeness (QED) is 0.841. The highest BCUT2D eigenvalue weighted by Gasteiger charge is 2.20. The van der Waals surface area contributed by atoms with E-state index in [1.165, 1.54) is 5.56 Å². The van der Waals surface area contributed by atoms with Gasteiger partial charge in [-0.3, -0.25) is 9.58 Å². The lowest BCUT2D eigenvalue weighted by molar-refractivity contribution is -0.0206. The maximum Gasteiger partial charge on any atom is 0.148 e. The lowest BCUT2D eigenvalue weighted by atomic mass is 10.2. The summed E-state index contributed by atoms with van der Waals surface area (Å²) < 4.78 is 7.67. The van der Waals surface area contributed by atoms with Crippen LogP contribution < -0.4 is 5.32 Å². The minimum absolute atomic E-state index is 0.185. The highest BCUT2D eigenvalue weighted by Crippen LogP contribution is 2.08. The SMILES string of the molecule is Cn1cc(CCN2CCOC(CNc3cccnn3)C2)cn1. The van der Waals surface area contributed by atoms with Gasteiger partial charge >= 0.3 is 0 Å². The summed E-state index contributed by atoms with van der Waals surface area (Å²) in [6.45, 7) is 4.49. The van der Waals surface area contributed by atoms with Crippen LogP contribution in [-0.4, -0.2) is 63.8 Å².